The van der Waals surface area contributed by atoms with Crippen molar-refractivity contribution in [3.05, 3.63) is 34.4 Å². The average Bonchev–Trinajstić information content (AvgIpc) is 3.50. The van der Waals surface area contributed by atoms with Crippen LogP contribution in [0.3, 0.4) is 0 Å². The molecule has 0 unspecified atom stereocenters. The van der Waals surface area contributed by atoms with Gasteiger partial charge in [-0.3, -0.25) is 9.36 Å². The first kappa shape index (κ1) is 23.6. The lowest BCUT2D eigenvalue weighted by molar-refractivity contribution is -0.113. The van der Waals surface area contributed by atoms with Crippen molar-refractivity contribution < 1.29 is 18.7 Å². The molecule has 8 nitrogen and oxygen atoms in total. The summed E-state index contributed by atoms with van der Waals surface area (Å²) >= 11 is 2.81. The zero-order valence-electron chi connectivity index (χ0n) is 19.1. The number of fused-ring (bicyclic) bond motifs is 1. The van der Waals surface area contributed by atoms with Gasteiger partial charge in [-0.15, -0.1) is 21.5 Å². The van der Waals surface area contributed by atoms with Crippen LogP contribution in [0.4, 0.5) is 5.00 Å². The van der Waals surface area contributed by atoms with E-state index in [2.05, 4.69) is 22.4 Å². The summed E-state index contributed by atoms with van der Waals surface area (Å²) in [6.07, 6.45) is 6.19. The summed E-state index contributed by atoms with van der Waals surface area (Å²) in [7, 11) is 0. The third kappa shape index (κ3) is 5.33. The highest BCUT2D eigenvalue weighted by molar-refractivity contribution is 7.99. The van der Waals surface area contributed by atoms with E-state index in [0.29, 0.717) is 27.3 Å². The maximum atomic E-state index is 12.8. The molecule has 0 saturated heterocycles. The molecule has 0 bridgehead atoms. The van der Waals surface area contributed by atoms with Gasteiger partial charge in [0.25, 0.3) is 0 Å². The highest BCUT2D eigenvalue weighted by Gasteiger charge is 2.28. The topological polar surface area (TPSA) is 99.2 Å². The molecule has 3 heterocycles. The van der Waals surface area contributed by atoms with Crippen LogP contribution < -0.4 is 5.32 Å². The van der Waals surface area contributed by atoms with Gasteiger partial charge in [0.2, 0.25) is 5.91 Å². The van der Waals surface area contributed by atoms with Crippen LogP contribution in [-0.4, -0.2) is 38.5 Å². The maximum Gasteiger partial charge on any atom is 0.341 e. The Hall–Kier alpha value is -2.59. The van der Waals surface area contributed by atoms with Crippen LogP contribution >= 0.6 is 23.1 Å². The van der Waals surface area contributed by atoms with Crippen molar-refractivity contribution in [2.75, 3.05) is 11.1 Å². The number of ether oxygens (including phenoxy) is 1. The van der Waals surface area contributed by atoms with Crippen LogP contribution in [0.15, 0.2) is 28.0 Å². The second-order valence-corrected chi connectivity index (χ2v) is 10.2. The van der Waals surface area contributed by atoms with Gasteiger partial charge >= 0.3 is 5.97 Å². The van der Waals surface area contributed by atoms with Gasteiger partial charge in [0, 0.05) is 11.4 Å². The van der Waals surface area contributed by atoms with Crippen LogP contribution in [0.2, 0.25) is 0 Å². The Morgan fingerprint density at radius 2 is 2.12 bits per heavy atom. The van der Waals surface area contributed by atoms with E-state index in [1.807, 2.05) is 30.5 Å². The molecule has 0 spiro atoms. The van der Waals surface area contributed by atoms with Gasteiger partial charge in [0.15, 0.2) is 16.7 Å². The van der Waals surface area contributed by atoms with E-state index in [0.717, 1.165) is 44.2 Å². The third-order valence-electron chi connectivity index (χ3n) is 5.21. The summed E-state index contributed by atoms with van der Waals surface area (Å²) in [5.41, 5.74) is 1.56. The van der Waals surface area contributed by atoms with Crippen molar-refractivity contribution in [1.29, 1.82) is 0 Å². The van der Waals surface area contributed by atoms with E-state index >= 15 is 0 Å². The van der Waals surface area contributed by atoms with Crippen molar-refractivity contribution in [1.82, 2.24) is 14.8 Å². The van der Waals surface area contributed by atoms with Crippen LogP contribution in [-0.2, 0) is 28.9 Å². The number of thiophene rings is 1. The van der Waals surface area contributed by atoms with Crippen molar-refractivity contribution in [3.8, 4) is 11.6 Å². The fourth-order valence-corrected chi connectivity index (χ4v) is 5.90. The molecule has 1 amide bonds. The molecule has 0 saturated carbocycles. The van der Waals surface area contributed by atoms with E-state index in [1.165, 1.54) is 28.0 Å². The molecule has 4 rings (SSSR count). The number of aryl methyl sites for hydroxylation is 1. The molecule has 0 atom stereocenters. The zero-order valence-corrected chi connectivity index (χ0v) is 20.7. The quantitative estimate of drug-likeness (QED) is 0.327. The van der Waals surface area contributed by atoms with Gasteiger partial charge in [0.05, 0.1) is 23.7 Å². The number of anilines is 1. The fourth-order valence-electron chi connectivity index (χ4n) is 3.84. The summed E-state index contributed by atoms with van der Waals surface area (Å²) in [4.78, 5) is 26.8. The molecule has 0 radical (unpaired) electrons. The first-order chi connectivity index (χ1) is 16.0. The molecule has 3 aromatic heterocycles. The van der Waals surface area contributed by atoms with E-state index in [9.17, 15) is 9.59 Å². The predicted octanol–water partition coefficient (Wildman–Crippen LogP) is 5.18. The van der Waals surface area contributed by atoms with Crippen LogP contribution in [0.25, 0.3) is 11.6 Å². The van der Waals surface area contributed by atoms with E-state index in [1.54, 1.807) is 6.26 Å². The first-order valence-electron chi connectivity index (χ1n) is 11.2. The number of nitrogens with zero attached hydrogens (tertiary/aromatic N) is 3. The van der Waals surface area contributed by atoms with Crippen LogP contribution in [0, 0.1) is 0 Å². The standard InChI is InChI=1S/C23H28N4O4S2/c1-4-11-27-20(16-9-7-12-30-16)25-26-23(27)32-13-18(28)24-21-19(22(29)31-14(2)3)15-8-5-6-10-17(15)33-21/h7,9,12,14H,4-6,8,10-11,13H2,1-3H3,(H,24,28). The molecule has 3 aromatic rings. The van der Waals surface area contributed by atoms with Crippen LogP contribution in [0.5, 0.6) is 0 Å². The summed E-state index contributed by atoms with van der Waals surface area (Å²) in [5, 5.41) is 12.7. The second-order valence-electron chi connectivity index (χ2n) is 8.14. The molecule has 0 aliphatic heterocycles. The average molecular weight is 489 g/mol. The summed E-state index contributed by atoms with van der Waals surface area (Å²) < 4.78 is 12.9. The maximum absolute atomic E-state index is 12.8. The lowest BCUT2D eigenvalue weighted by atomic mass is 9.95. The predicted molar refractivity (Wildman–Crippen MR) is 129 cm³/mol. The largest absolute Gasteiger partial charge is 0.461 e. The fraction of sp³-hybridized carbons (Fsp3) is 0.478. The van der Waals surface area contributed by atoms with Crippen molar-refractivity contribution in [2.45, 2.75) is 70.7 Å². The molecule has 1 aliphatic rings. The Morgan fingerprint density at radius 3 is 2.85 bits per heavy atom. The first-order valence-corrected chi connectivity index (χ1v) is 13.0. The number of carbonyl (C=O) groups is 2. The second kappa shape index (κ2) is 10.6. The summed E-state index contributed by atoms with van der Waals surface area (Å²) in [6, 6.07) is 3.65. The summed E-state index contributed by atoms with van der Waals surface area (Å²) in [5.74, 6) is 0.890. The monoisotopic (exact) mass is 488 g/mol. The lowest BCUT2D eigenvalue weighted by Crippen LogP contribution is -2.19. The number of carbonyl (C=O) groups excluding carboxylic acids is 2. The molecule has 1 aliphatic carbocycles. The molecule has 33 heavy (non-hydrogen) atoms. The minimum Gasteiger partial charge on any atom is -0.461 e. The van der Waals surface area contributed by atoms with Crippen molar-refractivity contribution in [3.63, 3.8) is 0 Å². The Kier molecular flexibility index (Phi) is 7.54. The lowest BCUT2D eigenvalue weighted by Gasteiger charge is -2.14. The molecule has 1 N–H and O–H groups in total. The molecule has 176 valence electrons. The molecular formula is C23H28N4O4S2. The van der Waals surface area contributed by atoms with Crippen molar-refractivity contribution in [2.24, 2.45) is 0 Å². The minimum atomic E-state index is -0.363. The Morgan fingerprint density at radius 1 is 1.30 bits per heavy atom. The third-order valence-corrected chi connectivity index (χ3v) is 7.38. The number of thioether (sulfide) groups is 1. The van der Waals surface area contributed by atoms with Gasteiger partial charge in [0.1, 0.15) is 5.00 Å². The minimum absolute atomic E-state index is 0.154. The number of hydrogen-bond donors (Lipinski definition) is 1. The number of amides is 1. The molecule has 10 heteroatoms. The van der Waals surface area contributed by atoms with E-state index < -0.39 is 0 Å². The molecular weight excluding hydrogens is 460 g/mol. The molecule has 0 aromatic carbocycles. The Bertz CT molecular complexity index is 1120. The van der Waals surface area contributed by atoms with Crippen molar-refractivity contribution >= 4 is 40.0 Å². The van der Waals surface area contributed by atoms with Gasteiger partial charge in [-0.1, -0.05) is 18.7 Å². The molecule has 0 fully saturated rings. The smallest absolute Gasteiger partial charge is 0.341 e. The Balaban J connectivity index is 1.49. The van der Waals surface area contributed by atoms with Gasteiger partial charge < -0.3 is 14.5 Å². The number of nitrogens with one attached hydrogen (secondary N) is 1. The normalized spacial score (nSPS) is 13.2. The number of esters is 1. The zero-order chi connectivity index (χ0) is 23.4. The SMILES string of the molecule is CCCn1c(SCC(=O)Nc2sc3c(c2C(=O)OC(C)C)CCCC3)nnc1-c1ccco1. The van der Waals surface area contributed by atoms with Crippen LogP contribution in [0.1, 0.15) is 60.8 Å². The highest BCUT2D eigenvalue weighted by Crippen LogP contribution is 2.39. The van der Waals surface area contributed by atoms with E-state index in [4.69, 9.17) is 9.15 Å². The number of aromatic nitrogens is 3. The van der Waals surface area contributed by atoms with E-state index in [-0.39, 0.29) is 23.7 Å². The summed E-state index contributed by atoms with van der Waals surface area (Å²) in [6.45, 7) is 6.45. The van der Waals surface area contributed by atoms with Gasteiger partial charge in [-0.05, 0) is 63.6 Å². The van der Waals surface area contributed by atoms with Gasteiger partial charge in [-0.25, -0.2) is 4.79 Å². The Labute approximate surface area is 201 Å². The van der Waals surface area contributed by atoms with Gasteiger partial charge in [-0.2, -0.15) is 0 Å². The highest BCUT2D eigenvalue weighted by atomic mass is 32.2. The number of furan rings is 1. The number of hydrogen-bond acceptors (Lipinski definition) is 8. The number of rotatable bonds is 9.